The standard InChI is InChI=1S/C17H15Cl2N3O4S/c1-26-17-14(18)7-11(8-15(17)19)16-9-12(10-23)20-22(16)21-27(24,25)13-5-3-2-4-6-13/h2-9,21,23H,10H2,1H3. The molecule has 1 heterocycles. The molecule has 3 aromatic rings. The van der Waals surface area contributed by atoms with E-state index in [-0.39, 0.29) is 27.2 Å². The Labute approximate surface area is 166 Å². The maximum Gasteiger partial charge on any atom is 0.276 e. The van der Waals surface area contributed by atoms with Crippen molar-refractivity contribution in [2.45, 2.75) is 11.5 Å². The first-order chi connectivity index (χ1) is 12.9. The molecule has 0 fully saturated rings. The molecule has 0 unspecified atom stereocenters. The summed E-state index contributed by atoms with van der Waals surface area (Å²) in [4.78, 5) is 3.50. The highest BCUT2D eigenvalue weighted by Crippen LogP contribution is 2.37. The SMILES string of the molecule is COc1c(Cl)cc(-c2cc(CO)nn2NS(=O)(=O)c2ccccc2)cc1Cl. The zero-order valence-corrected chi connectivity index (χ0v) is 16.4. The number of hydrogen-bond acceptors (Lipinski definition) is 5. The summed E-state index contributed by atoms with van der Waals surface area (Å²) in [6, 6.07) is 12.5. The molecule has 0 aliphatic rings. The van der Waals surface area contributed by atoms with Gasteiger partial charge in [-0.1, -0.05) is 41.4 Å². The third-order valence-electron chi connectivity index (χ3n) is 3.68. The maximum absolute atomic E-state index is 12.6. The van der Waals surface area contributed by atoms with E-state index in [1.54, 1.807) is 30.3 Å². The number of sulfonamides is 1. The molecule has 27 heavy (non-hydrogen) atoms. The molecule has 7 nitrogen and oxygen atoms in total. The van der Waals surface area contributed by atoms with E-state index in [0.29, 0.717) is 17.0 Å². The van der Waals surface area contributed by atoms with Gasteiger partial charge in [0.2, 0.25) is 0 Å². The lowest BCUT2D eigenvalue weighted by atomic mass is 10.1. The van der Waals surface area contributed by atoms with E-state index in [1.165, 1.54) is 25.3 Å². The number of aromatic nitrogens is 2. The van der Waals surface area contributed by atoms with Gasteiger partial charge in [-0.25, -0.2) is 0 Å². The van der Waals surface area contributed by atoms with Crippen LogP contribution in [0.1, 0.15) is 5.69 Å². The van der Waals surface area contributed by atoms with Crippen molar-refractivity contribution >= 4 is 33.2 Å². The van der Waals surface area contributed by atoms with E-state index in [4.69, 9.17) is 27.9 Å². The van der Waals surface area contributed by atoms with Gasteiger partial charge in [0.25, 0.3) is 10.0 Å². The Kier molecular flexibility index (Phi) is 5.61. The number of nitrogens with zero attached hydrogens (tertiary/aromatic N) is 2. The van der Waals surface area contributed by atoms with Crippen molar-refractivity contribution in [2.24, 2.45) is 0 Å². The topological polar surface area (TPSA) is 93.4 Å². The third kappa shape index (κ3) is 4.03. The predicted molar refractivity (Wildman–Crippen MR) is 103 cm³/mol. The van der Waals surface area contributed by atoms with Crippen LogP contribution in [0.5, 0.6) is 5.75 Å². The Hall–Kier alpha value is -2.26. The molecule has 142 valence electrons. The molecule has 0 spiro atoms. The Balaban J connectivity index is 2.08. The fourth-order valence-corrected chi connectivity index (χ4v) is 4.08. The summed E-state index contributed by atoms with van der Waals surface area (Å²) >= 11 is 12.4. The summed E-state index contributed by atoms with van der Waals surface area (Å²) in [5, 5.41) is 14.0. The first-order valence-corrected chi connectivity index (χ1v) is 9.90. The van der Waals surface area contributed by atoms with Crippen LogP contribution in [0.15, 0.2) is 53.4 Å². The van der Waals surface area contributed by atoms with Gasteiger partial charge in [0.1, 0.15) is 0 Å². The van der Waals surface area contributed by atoms with Crippen LogP contribution in [0.3, 0.4) is 0 Å². The second kappa shape index (κ2) is 7.77. The Morgan fingerprint density at radius 1 is 1.15 bits per heavy atom. The third-order valence-corrected chi connectivity index (χ3v) is 5.55. The van der Waals surface area contributed by atoms with Crippen LogP contribution in [0.2, 0.25) is 10.0 Å². The number of ether oxygens (including phenoxy) is 1. The van der Waals surface area contributed by atoms with E-state index in [0.717, 1.165) is 4.79 Å². The van der Waals surface area contributed by atoms with Crippen LogP contribution in [-0.2, 0) is 16.6 Å². The lowest BCUT2D eigenvalue weighted by Crippen LogP contribution is -2.25. The molecule has 10 heteroatoms. The van der Waals surface area contributed by atoms with Crippen LogP contribution < -0.4 is 9.57 Å². The molecule has 2 N–H and O–H groups in total. The van der Waals surface area contributed by atoms with Gasteiger partial charge in [-0.2, -0.15) is 23.1 Å². The monoisotopic (exact) mass is 427 g/mol. The number of aliphatic hydroxyl groups is 1. The van der Waals surface area contributed by atoms with Gasteiger partial charge in [-0.15, -0.1) is 0 Å². The van der Waals surface area contributed by atoms with Crippen molar-refractivity contribution in [1.29, 1.82) is 0 Å². The van der Waals surface area contributed by atoms with Crippen LogP contribution in [-0.4, -0.2) is 30.5 Å². The molecule has 0 aliphatic heterocycles. The second-order valence-electron chi connectivity index (χ2n) is 5.47. The van der Waals surface area contributed by atoms with Crippen LogP contribution in [0.25, 0.3) is 11.3 Å². The molecule has 2 aromatic carbocycles. The molecule has 0 saturated carbocycles. The van der Waals surface area contributed by atoms with Gasteiger partial charge >= 0.3 is 0 Å². The van der Waals surface area contributed by atoms with Gasteiger partial charge in [-0.3, -0.25) is 0 Å². The molecular weight excluding hydrogens is 413 g/mol. The van der Waals surface area contributed by atoms with E-state index >= 15 is 0 Å². The molecule has 0 radical (unpaired) electrons. The minimum atomic E-state index is -3.89. The smallest absolute Gasteiger partial charge is 0.276 e. The first kappa shape index (κ1) is 19.5. The molecule has 0 atom stereocenters. The highest BCUT2D eigenvalue weighted by atomic mass is 35.5. The van der Waals surface area contributed by atoms with E-state index in [2.05, 4.69) is 9.93 Å². The van der Waals surface area contributed by atoms with Crippen molar-refractivity contribution in [1.82, 2.24) is 9.89 Å². The minimum Gasteiger partial charge on any atom is -0.494 e. The number of halogens is 2. The number of hydrogen-bond donors (Lipinski definition) is 2. The Morgan fingerprint density at radius 2 is 1.78 bits per heavy atom. The second-order valence-corrected chi connectivity index (χ2v) is 7.95. The fraction of sp³-hybridized carbons (Fsp3) is 0.118. The summed E-state index contributed by atoms with van der Waals surface area (Å²) in [6.07, 6.45) is 0. The Morgan fingerprint density at radius 3 is 2.33 bits per heavy atom. The highest BCUT2D eigenvalue weighted by Gasteiger charge is 2.19. The normalized spacial score (nSPS) is 11.4. The van der Waals surface area contributed by atoms with Crippen LogP contribution >= 0.6 is 23.2 Å². The first-order valence-electron chi connectivity index (χ1n) is 7.67. The number of nitrogens with one attached hydrogen (secondary N) is 1. The predicted octanol–water partition coefficient (Wildman–Crippen LogP) is 3.29. The summed E-state index contributed by atoms with van der Waals surface area (Å²) in [5.41, 5.74) is 1.11. The molecule has 1 aromatic heterocycles. The highest BCUT2D eigenvalue weighted by molar-refractivity contribution is 7.92. The zero-order chi connectivity index (χ0) is 19.6. The van der Waals surface area contributed by atoms with Gasteiger partial charge in [0.15, 0.2) is 5.75 Å². The van der Waals surface area contributed by atoms with Crippen molar-refractivity contribution in [3.05, 3.63) is 64.3 Å². The number of aliphatic hydroxyl groups excluding tert-OH is 1. The number of benzene rings is 2. The molecule has 0 aliphatic carbocycles. The van der Waals surface area contributed by atoms with Crippen molar-refractivity contribution in [3.63, 3.8) is 0 Å². The van der Waals surface area contributed by atoms with Crippen LogP contribution in [0, 0.1) is 0 Å². The molecule has 0 saturated heterocycles. The van der Waals surface area contributed by atoms with Crippen molar-refractivity contribution in [3.8, 4) is 17.0 Å². The fourth-order valence-electron chi connectivity index (χ4n) is 2.45. The zero-order valence-electron chi connectivity index (χ0n) is 14.1. The van der Waals surface area contributed by atoms with Gasteiger partial charge in [0.05, 0.1) is 40.0 Å². The van der Waals surface area contributed by atoms with E-state index < -0.39 is 10.0 Å². The average molecular weight is 428 g/mol. The quantitative estimate of drug-likeness (QED) is 0.629. The summed E-state index contributed by atoms with van der Waals surface area (Å²) < 4.78 is 30.3. The largest absolute Gasteiger partial charge is 0.494 e. The molecule has 0 amide bonds. The lowest BCUT2D eigenvalue weighted by Gasteiger charge is -2.13. The lowest BCUT2D eigenvalue weighted by molar-refractivity contribution is 0.276. The summed E-state index contributed by atoms with van der Waals surface area (Å²) in [6.45, 7) is -0.370. The molecule has 0 bridgehead atoms. The molecular formula is C17H15Cl2N3O4S. The summed E-state index contributed by atoms with van der Waals surface area (Å²) in [5.74, 6) is 0.306. The van der Waals surface area contributed by atoms with E-state index in [9.17, 15) is 13.5 Å². The van der Waals surface area contributed by atoms with Gasteiger partial charge in [-0.05, 0) is 30.3 Å². The molecule has 3 rings (SSSR count). The Bertz CT molecular complexity index is 1050. The van der Waals surface area contributed by atoms with Crippen LogP contribution in [0.4, 0.5) is 0 Å². The number of rotatable bonds is 6. The summed E-state index contributed by atoms with van der Waals surface area (Å²) in [7, 11) is -2.45. The van der Waals surface area contributed by atoms with Gasteiger partial charge in [0, 0.05) is 5.56 Å². The van der Waals surface area contributed by atoms with Crippen molar-refractivity contribution in [2.75, 3.05) is 11.9 Å². The maximum atomic E-state index is 12.6. The number of methoxy groups -OCH3 is 1. The van der Waals surface area contributed by atoms with E-state index in [1.807, 2.05) is 0 Å². The van der Waals surface area contributed by atoms with Crippen molar-refractivity contribution < 1.29 is 18.3 Å². The van der Waals surface area contributed by atoms with Gasteiger partial charge < -0.3 is 9.84 Å². The average Bonchev–Trinajstić information content (AvgIpc) is 3.04. The minimum absolute atomic E-state index is 0.0720.